The number of piperidine rings is 1. The van der Waals surface area contributed by atoms with E-state index in [9.17, 15) is 4.79 Å². The van der Waals surface area contributed by atoms with Crippen LogP contribution in [0, 0.1) is 9.49 Å². The van der Waals surface area contributed by atoms with Gasteiger partial charge in [-0.2, -0.15) is 0 Å². The SMILES string of the molecule is O=CN1CCC(C2c3ccccc3C=Cc3ccc(I)cc32)CC1. The van der Waals surface area contributed by atoms with Crippen molar-refractivity contribution in [3.05, 3.63) is 68.3 Å². The van der Waals surface area contributed by atoms with Gasteiger partial charge in [-0.15, -0.1) is 0 Å². The summed E-state index contributed by atoms with van der Waals surface area (Å²) in [5.74, 6) is 0.994. The summed E-state index contributed by atoms with van der Waals surface area (Å²) in [5, 5.41) is 0. The second kappa shape index (κ2) is 6.71. The first-order valence-corrected chi connectivity index (χ1v) is 9.60. The molecule has 122 valence electrons. The highest BCUT2D eigenvalue weighted by atomic mass is 127. The maximum absolute atomic E-state index is 11.1. The lowest BCUT2D eigenvalue weighted by molar-refractivity contribution is -0.119. The molecule has 3 heteroatoms. The fourth-order valence-corrected chi connectivity index (χ4v) is 4.64. The molecule has 1 heterocycles. The number of nitrogens with zero attached hydrogens (tertiary/aromatic N) is 1. The van der Waals surface area contributed by atoms with Crippen molar-refractivity contribution in [3.8, 4) is 0 Å². The Kier molecular flexibility index (Phi) is 4.44. The van der Waals surface area contributed by atoms with E-state index in [1.165, 1.54) is 25.8 Å². The molecule has 2 nitrogen and oxygen atoms in total. The molecule has 0 aromatic heterocycles. The molecule has 1 aliphatic carbocycles. The average Bonchev–Trinajstić information content (AvgIpc) is 2.78. The van der Waals surface area contributed by atoms with Gasteiger partial charge in [0, 0.05) is 22.6 Å². The van der Waals surface area contributed by atoms with Crippen LogP contribution in [-0.4, -0.2) is 24.4 Å². The minimum atomic E-state index is 0.412. The van der Waals surface area contributed by atoms with Gasteiger partial charge in [0.15, 0.2) is 0 Å². The van der Waals surface area contributed by atoms with Crippen molar-refractivity contribution in [2.24, 2.45) is 5.92 Å². The number of benzene rings is 2. The zero-order chi connectivity index (χ0) is 16.5. The molecule has 1 saturated heterocycles. The lowest BCUT2D eigenvalue weighted by Crippen LogP contribution is -2.35. The highest BCUT2D eigenvalue weighted by molar-refractivity contribution is 14.1. The van der Waals surface area contributed by atoms with E-state index in [0.717, 1.165) is 32.3 Å². The van der Waals surface area contributed by atoms with Crippen LogP contribution in [0.4, 0.5) is 0 Å². The van der Waals surface area contributed by atoms with E-state index in [2.05, 4.69) is 77.2 Å². The summed E-state index contributed by atoms with van der Waals surface area (Å²) >= 11 is 2.41. The Morgan fingerprint density at radius 1 is 0.958 bits per heavy atom. The molecule has 1 aliphatic heterocycles. The van der Waals surface area contributed by atoms with E-state index in [1.54, 1.807) is 0 Å². The van der Waals surface area contributed by atoms with Crippen molar-refractivity contribution in [2.45, 2.75) is 18.8 Å². The first-order valence-electron chi connectivity index (χ1n) is 8.52. The van der Waals surface area contributed by atoms with Crippen molar-refractivity contribution in [3.63, 3.8) is 0 Å². The Balaban J connectivity index is 1.81. The van der Waals surface area contributed by atoms with E-state index < -0.39 is 0 Å². The molecule has 24 heavy (non-hydrogen) atoms. The topological polar surface area (TPSA) is 20.3 Å². The van der Waals surface area contributed by atoms with Gasteiger partial charge in [0.25, 0.3) is 0 Å². The van der Waals surface area contributed by atoms with Crippen LogP contribution in [0.2, 0.25) is 0 Å². The average molecular weight is 429 g/mol. The number of hydrogen-bond donors (Lipinski definition) is 0. The Hall–Kier alpha value is -1.62. The van der Waals surface area contributed by atoms with Crippen molar-refractivity contribution in [1.82, 2.24) is 4.90 Å². The Labute approximate surface area is 156 Å². The van der Waals surface area contributed by atoms with Crippen LogP contribution in [0.3, 0.4) is 0 Å². The van der Waals surface area contributed by atoms with Crippen LogP contribution in [0.25, 0.3) is 12.2 Å². The molecule has 2 aliphatic rings. The standard InChI is InChI=1S/C21H20INO/c22-18-8-7-16-6-5-15-3-1-2-4-19(15)21(20(16)13-18)17-9-11-23(14-24)12-10-17/h1-8,13-14,17,21H,9-12H2. The smallest absolute Gasteiger partial charge is 0.209 e. The van der Waals surface area contributed by atoms with Gasteiger partial charge in [-0.1, -0.05) is 42.5 Å². The second-order valence-electron chi connectivity index (χ2n) is 6.69. The molecule has 2 aromatic carbocycles. The minimum absolute atomic E-state index is 0.412. The summed E-state index contributed by atoms with van der Waals surface area (Å²) < 4.78 is 1.29. The molecule has 0 bridgehead atoms. The molecule has 0 spiro atoms. The molecule has 1 atom stereocenters. The fraction of sp³-hybridized carbons (Fsp3) is 0.286. The predicted octanol–water partition coefficient (Wildman–Crippen LogP) is 4.78. The highest BCUT2D eigenvalue weighted by Gasteiger charge is 2.31. The Morgan fingerprint density at radius 2 is 1.67 bits per heavy atom. The monoisotopic (exact) mass is 429 g/mol. The van der Waals surface area contributed by atoms with Crippen LogP contribution in [0.5, 0.6) is 0 Å². The summed E-state index contributed by atoms with van der Waals surface area (Å²) in [6.07, 6.45) is 7.65. The molecule has 0 N–H and O–H groups in total. The third-order valence-electron chi connectivity index (χ3n) is 5.35. The van der Waals surface area contributed by atoms with Crippen molar-refractivity contribution < 1.29 is 4.79 Å². The van der Waals surface area contributed by atoms with E-state index in [-0.39, 0.29) is 0 Å². The van der Waals surface area contributed by atoms with Gasteiger partial charge in [0.05, 0.1) is 0 Å². The lowest BCUT2D eigenvalue weighted by Gasteiger charge is -2.35. The highest BCUT2D eigenvalue weighted by Crippen LogP contribution is 2.43. The zero-order valence-corrected chi connectivity index (χ0v) is 15.6. The van der Waals surface area contributed by atoms with Gasteiger partial charge in [-0.3, -0.25) is 4.79 Å². The predicted molar refractivity (Wildman–Crippen MR) is 107 cm³/mol. The minimum Gasteiger partial charge on any atom is -0.345 e. The van der Waals surface area contributed by atoms with E-state index in [0.29, 0.717) is 11.8 Å². The molecule has 1 fully saturated rings. The molecular formula is C21H20INO. The maximum Gasteiger partial charge on any atom is 0.209 e. The normalized spacial score (nSPS) is 20.2. The second-order valence-corrected chi connectivity index (χ2v) is 7.94. The van der Waals surface area contributed by atoms with Gasteiger partial charge < -0.3 is 4.90 Å². The summed E-state index contributed by atoms with van der Waals surface area (Å²) in [6.45, 7) is 1.75. The summed E-state index contributed by atoms with van der Waals surface area (Å²) in [4.78, 5) is 13.0. The third kappa shape index (κ3) is 2.90. The van der Waals surface area contributed by atoms with Gasteiger partial charge in [0.1, 0.15) is 0 Å². The molecule has 1 unspecified atom stereocenters. The zero-order valence-electron chi connectivity index (χ0n) is 13.5. The van der Waals surface area contributed by atoms with Crippen LogP contribution in [-0.2, 0) is 4.79 Å². The number of halogens is 1. The molecule has 4 rings (SSSR count). The van der Waals surface area contributed by atoms with Crippen LogP contribution < -0.4 is 0 Å². The van der Waals surface area contributed by atoms with E-state index in [1.807, 2.05) is 4.90 Å². The van der Waals surface area contributed by atoms with E-state index in [4.69, 9.17) is 0 Å². The molecule has 0 saturated carbocycles. The first kappa shape index (κ1) is 15.9. The number of likely N-dealkylation sites (tertiary alicyclic amines) is 1. The fourth-order valence-electron chi connectivity index (χ4n) is 4.13. The van der Waals surface area contributed by atoms with Crippen LogP contribution in [0.1, 0.15) is 41.0 Å². The van der Waals surface area contributed by atoms with Gasteiger partial charge in [-0.05, 0) is 75.7 Å². The number of carbonyl (C=O) groups is 1. The Bertz CT molecular complexity index is 790. The number of amides is 1. The van der Waals surface area contributed by atoms with Crippen molar-refractivity contribution in [1.29, 1.82) is 0 Å². The maximum atomic E-state index is 11.1. The third-order valence-corrected chi connectivity index (χ3v) is 6.02. The summed E-state index contributed by atoms with van der Waals surface area (Å²) in [5.41, 5.74) is 5.52. The van der Waals surface area contributed by atoms with Gasteiger partial charge in [0.2, 0.25) is 6.41 Å². The van der Waals surface area contributed by atoms with Crippen LogP contribution >= 0.6 is 22.6 Å². The quantitative estimate of drug-likeness (QED) is 0.497. The van der Waals surface area contributed by atoms with Crippen molar-refractivity contribution in [2.75, 3.05) is 13.1 Å². The summed E-state index contributed by atoms with van der Waals surface area (Å²) in [7, 11) is 0. The number of fused-ring (bicyclic) bond motifs is 2. The largest absolute Gasteiger partial charge is 0.345 e. The van der Waals surface area contributed by atoms with Gasteiger partial charge >= 0.3 is 0 Å². The molecule has 0 radical (unpaired) electrons. The van der Waals surface area contributed by atoms with E-state index >= 15 is 0 Å². The Morgan fingerprint density at radius 3 is 2.42 bits per heavy atom. The van der Waals surface area contributed by atoms with Crippen LogP contribution in [0.15, 0.2) is 42.5 Å². The van der Waals surface area contributed by atoms with Crippen molar-refractivity contribution >= 4 is 41.2 Å². The lowest BCUT2D eigenvalue weighted by atomic mass is 9.74. The number of rotatable bonds is 2. The first-order chi connectivity index (χ1) is 11.8. The molecule has 1 amide bonds. The number of carbonyl (C=O) groups excluding carboxylic acids is 1. The summed E-state index contributed by atoms with van der Waals surface area (Å²) in [6, 6.07) is 15.5. The molecular weight excluding hydrogens is 409 g/mol. The molecule has 2 aromatic rings. The number of hydrogen-bond acceptors (Lipinski definition) is 1. The van der Waals surface area contributed by atoms with Gasteiger partial charge in [-0.25, -0.2) is 0 Å².